The highest BCUT2D eigenvalue weighted by Crippen LogP contribution is 2.24. The lowest BCUT2D eigenvalue weighted by atomic mass is 9.92. The summed E-state index contributed by atoms with van der Waals surface area (Å²) in [4.78, 5) is 8.38. The van der Waals surface area contributed by atoms with Crippen LogP contribution in [0.5, 0.6) is 6.01 Å². The molecule has 1 aromatic rings. The van der Waals surface area contributed by atoms with Gasteiger partial charge in [0.15, 0.2) is 0 Å². The highest BCUT2D eigenvalue weighted by atomic mass is 16.5. The predicted octanol–water partition coefficient (Wildman–Crippen LogP) is 1.34. The van der Waals surface area contributed by atoms with E-state index in [0.29, 0.717) is 18.5 Å². The van der Waals surface area contributed by atoms with Gasteiger partial charge in [-0.25, -0.2) is 9.97 Å². The van der Waals surface area contributed by atoms with Crippen LogP contribution in [-0.2, 0) is 0 Å². The van der Waals surface area contributed by atoms with E-state index >= 15 is 0 Å². The molecular formula is C11H17N3O. The maximum atomic E-state index is 5.21. The van der Waals surface area contributed by atoms with Crippen LogP contribution >= 0.6 is 0 Å². The lowest BCUT2D eigenvalue weighted by Gasteiger charge is -2.22. The number of piperidine rings is 1. The van der Waals surface area contributed by atoms with E-state index in [2.05, 4.69) is 15.3 Å². The van der Waals surface area contributed by atoms with Crippen molar-refractivity contribution >= 4 is 0 Å². The van der Waals surface area contributed by atoms with E-state index in [9.17, 15) is 0 Å². The van der Waals surface area contributed by atoms with Crippen LogP contribution in [0.4, 0.5) is 0 Å². The molecule has 2 rings (SSSR count). The third-order valence-corrected chi connectivity index (χ3v) is 2.73. The largest absolute Gasteiger partial charge is 0.464 e. The van der Waals surface area contributed by atoms with E-state index in [1.165, 1.54) is 18.4 Å². The van der Waals surface area contributed by atoms with Crippen molar-refractivity contribution in [2.45, 2.75) is 25.7 Å². The molecule has 0 aromatic carbocycles. The van der Waals surface area contributed by atoms with Gasteiger partial charge in [0.25, 0.3) is 0 Å². The van der Waals surface area contributed by atoms with Crippen molar-refractivity contribution in [2.24, 2.45) is 0 Å². The molecule has 0 amide bonds. The van der Waals surface area contributed by atoms with E-state index in [-0.39, 0.29) is 0 Å². The quantitative estimate of drug-likeness (QED) is 0.812. The molecule has 0 saturated carbocycles. The van der Waals surface area contributed by atoms with Crippen molar-refractivity contribution in [1.29, 1.82) is 0 Å². The van der Waals surface area contributed by atoms with Crippen LogP contribution in [0, 0.1) is 0 Å². The molecule has 0 aliphatic carbocycles. The van der Waals surface area contributed by atoms with Crippen LogP contribution in [0.3, 0.4) is 0 Å². The standard InChI is InChI=1S/C11H17N3O/c1-2-15-11-13-7-10(8-14-11)9-3-5-12-6-4-9/h7-9,12H,2-6H2,1H3. The minimum absolute atomic E-state index is 0.482. The number of nitrogens with one attached hydrogen (secondary N) is 1. The Hall–Kier alpha value is -1.16. The topological polar surface area (TPSA) is 47.0 Å². The Morgan fingerprint density at radius 3 is 2.60 bits per heavy atom. The molecule has 1 aliphatic heterocycles. The first-order valence-electron chi connectivity index (χ1n) is 5.55. The maximum absolute atomic E-state index is 5.21. The maximum Gasteiger partial charge on any atom is 0.316 e. The van der Waals surface area contributed by atoms with E-state index in [0.717, 1.165) is 13.1 Å². The average molecular weight is 207 g/mol. The fourth-order valence-corrected chi connectivity index (χ4v) is 1.90. The smallest absolute Gasteiger partial charge is 0.316 e. The second-order valence-electron chi connectivity index (χ2n) is 3.76. The third kappa shape index (κ3) is 2.65. The van der Waals surface area contributed by atoms with Crippen molar-refractivity contribution in [3.05, 3.63) is 18.0 Å². The van der Waals surface area contributed by atoms with Gasteiger partial charge in [-0.3, -0.25) is 0 Å². The molecule has 2 heterocycles. The molecule has 1 N–H and O–H groups in total. The number of rotatable bonds is 3. The van der Waals surface area contributed by atoms with Gasteiger partial charge >= 0.3 is 6.01 Å². The van der Waals surface area contributed by atoms with Gasteiger partial charge < -0.3 is 10.1 Å². The van der Waals surface area contributed by atoms with Gasteiger partial charge in [0.05, 0.1) is 6.61 Å². The molecule has 4 heteroatoms. The van der Waals surface area contributed by atoms with Crippen molar-refractivity contribution < 1.29 is 4.74 Å². The lowest BCUT2D eigenvalue weighted by Crippen LogP contribution is -2.26. The summed E-state index contributed by atoms with van der Waals surface area (Å²) in [7, 11) is 0. The Kier molecular flexibility index (Phi) is 3.50. The summed E-state index contributed by atoms with van der Waals surface area (Å²) in [5.41, 5.74) is 1.24. The molecule has 82 valence electrons. The molecule has 0 atom stereocenters. The first-order valence-corrected chi connectivity index (χ1v) is 5.55. The van der Waals surface area contributed by atoms with Crippen LogP contribution < -0.4 is 10.1 Å². The average Bonchev–Trinajstić information content (AvgIpc) is 2.32. The Morgan fingerprint density at radius 1 is 1.33 bits per heavy atom. The molecule has 0 radical (unpaired) electrons. The summed E-state index contributed by atoms with van der Waals surface area (Å²) in [6.07, 6.45) is 6.15. The number of hydrogen-bond acceptors (Lipinski definition) is 4. The van der Waals surface area contributed by atoms with Crippen LogP contribution in [0.2, 0.25) is 0 Å². The van der Waals surface area contributed by atoms with E-state index in [4.69, 9.17) is 4.74 Å². The summed E-state index contributed by atoms with van der Waals surface area (Å²) in [6.45, 7) is 4.74. The zero-order valence-corrected chi connectivity index (χ0v) is 9.07. The SMILES string of the molecule is CCOc1ncc(C2CCNCC2)cn1. The Labute approximate surface area is 90.1 Å². The molecule has 0 unspecified atom stereocenters. The van der Waals surface area contributed by atoms with Gasteiger partial charge in [0.2, 0.25) is 0 Å². The van der Waals surface area contributed by atoms with Crippen LogP contribution in [0.25, 0.3) is 0 Å². The summed E-state index contributed by atoms with van der Waals surface area (Å²) in [5.74, 6) is 0.613. The normalized spacial score (nSPS) is 17.7. The Balaban J connectivity index is 2.02. The Bertz CT molecular complexity index is 293. The van der Waals surface area contributed by atoms with Gasteiger partial charge in [-0.2, -0.15) is 0 Å². The molecule has 15 heavy (non-hydrogen) atoms. The van der Waals surface area contributed by atoms with E-state index < -0.39 is 0 Å². The van der Waals surface area contributed by atoms with Crippen molar-refractivity contribution in [2.75, 3.05) is 19.7 Å². The van der Waals surface area contributed by atoms with Gasteiger partial charge in [-0.15, -0.1) is 0 Å². The molecule has 1 aromatic heterocycles. The highest BCUT2D eigenvalue weighted by molar-refractivity contribution is 5.14. The molecule has 0 bridgehead atoms. The molecular weight excluding hydrogens is 190 g/mol. The van der Waals surface area contributed by atoms with Crippen molar-refractivity contribution in [3.63, 3.8) is 0 Å². The first kappa shape index (κ1) is 10.4. The summed E-state index contributed by atoms with van der Waals surface area (Å²) in [5, 5.41) is 3.35. The number of nitrogens with zero attached hydrogens (tertiary/aromatic N) is 2. The van der Waals surface area contributed by atoms with Gasteiger partial charge in [-0.05, 0) is 44.3 Å². The zero-order valence-electron chi connectivity index (χ0n) is 9.07. The number of aromatic nitrogens is 2. The molecule has 4 nitrogen and oxygen atoms in total. The number of hydrogen-bond donors (Lipinski definition) is 1. The van der Waals surface area contributed by atoms with E-state index in [1.54, 1.807) is 0 Å². The number of ether oxygens (including phenoxy) is 1. The summed E-state index contributed by atoms with van der Waals surface area (Å²) < 4.78 is 5.21. The monoisotopic (exact) mass is 207 g/mol. The van der Waals surface area contributed by atoms with Crippen LogP contribution in [0.1, 0.15) is 31.2 Å². The van der Waals surface area contributed by atoms with Gasteiger partial charge in [0.1, 0.15) is 0 Å². The minimum atomic E-state index is 0.482. The third-order valence-electron chi connectivity index (χ3n) is 2.73. The molecule has 1 fully saturated rings. The summed E-state index contributed by atoms with van der Waals surface area (Å²) >= 11 is 0. The Morgan fingerprint density at radius 2 is 2.00 bits per heavy atom. The van der Waals surface area contributed by atoms with Gasteiger partial charge in [-0.1, -0.05) is 0 Å². The van der Waals surface area contributed by atoms with E-state index in [1.807, 2.05) is 19.3 Å². The fraction of sp³-hybridized carbons (Fsp3) is 0.636. The zero-order chi connectivity index (χ0) is 10.5. The second-order valence-corrected chi connectivity index (χ2v) is 3.76. The van der Waals surface area contributed by atoms with Crippen LogP contribution in [-0.4, -0.2) is 29.7 Å². The second kappa shape index (κ2) is 5.07. The lowest BCUT2D eigenvalue weighted by molar-refractivity contribution is 0.311. The van der Waals surface area contributed by atoms with Crippen molar-refractivity contribution in [3.8, 4) is 6.01 Å². The van der Waals surface area contributed by atoms with Crippen molar-refractivity contribution in [1.82, 2.24) is 15.3 Å². The first-order chi connectivity index (χ1) is 7.40. The predicted molar refractivity (Wildman–Crippen MR) is 58.0 cm³/mol. The van der Waals surface area contributed by atoms with Gasteiger partial charge in [0, 0.05) is 12.4 Å². The minimum Gasteiger partial charge on any atom is -0.464 e. The molecule has 0 spiro atoms. The molecule has 1 saturated heterocycles. The fourth-order valence-electron chi connectivity index (χ4n) is 1.90. The highest BCUT2D eigenvalue weighted by Gasteiger charge is 2.15. The molecule has 1 aliphatic rings. The van der Waals surface area contributed by atoms with Crippen LogP contribution in [0.15, 0.2) is 12.4 Å². The summed E-state index contributed by atoms with van der Waals surface area (Å²) in [6, 6.07) is 0.482.